The third-order valence-electron chi connectivity index (χ3n) is 2.90. The predicted molar refractivity (Wildman–Crippen MR) is 84.6 cm³/mol. The Hall–Kier alpha value is -2.66. The van der Waals surface area contributed by atoms with Crippen molar-refractivity contribution < 1.29 is 14.6 Å². The second kappa shape index (κ2) is 7.95. The van der Waals surface area contributed by atoms with Crippen molar-refractivity contribution in [3.8, 4) is 5.75 Å². The van der Waals surface area contributed by atoms with E-state index in [0.717, 1.165) is 16.9 Å². The van der Waals surface area contributed by atoms with Gasteiger partial charge in [-0.25, -0.2) is 5.43 Å². The van der Waals surface area contributed by atoms with Crippen molar-refractivity contribution in [2.45, 2.75) is 19.6 Å². The highest BCUT2D eigenvalue weighted by Gasteiger charge is 2.05. The van der Waals surface area contributed by atoms with Crippen LogP contribution in [-0.4, -0.2) is 23.3 Å². The van der Waals surface area contributed by atoms with Crippen LogP contribution in [0.25, 0.3) is 0 Å². The van der Waals surface area contributed by atoms with Crippen LogP contribution in [0.15, 0.2) is 59.7 Å². The van der Waals surface area contributed by atoms with Crippen LogP contribution in [0.3, 0.4) is 0 Å². The Balaban J connectivity index is 1.85. The Kier molecular flexibility index (Phi) is 5.68. The van der Waals surface area contributed by atoms with Gasteiger partial charge in [0.2, 0.25) is 0 Å². The topological polar surface area (TPSA) is 70.9 Å². The molecular formula is C17H18N2O3. The number of benzene rings is 2. The van der Waals surface area contributed by atoms with E-state index in [1.165, 1.54) is 13.1 Å². The predicted octanol–water partition coefficient (Wildman–Crippen LogP) is 2.10. The SMILES string of the molecule is C[C@H](O)C(=O)N/N=C\c1ccc(OCc2ccccc2)cc1. The number of nitrogens with zero attached hydrogens (tertiary/aromatic N) is 1. The Morgan fingerprint density at radius 1 is 1.23 bits per heavy atom. The summed E-state index contributed by atoms with van der Waals surface area (Å²) in [6.07, 6.45) is 0.423. The first-order valence-corrected chi connectivity index (χ1v) is 6.93. The van der Waals surface area contributed by atoms with E-state index < -0.39 is 12.0 Å². The third kappa shape index (κ3) is 5.03. The summed E-state index contributed by atoms with van der Waals surface area (Å²) >= 11 is 0. The van der Waals surface area contributed by atoms with E-state index in [4.69, 9.17) is 9.84 Å². The molecule has 2 aromatic rings. The van der Waals surface area contributed by atoms with Crippen molar-refractivity contribution in [2.24, 2.45) is 5.10 Å². The molecule has 1 atom stereocenters. The zero-order valence-electron chi connectivity index (χ0n) is 12.3. The van der Waals surface area contributed by atoms with Gasteiger partial charge in [0.25, 0.3) is 5.91 Å². The van der Waals surface area contributed by atoms with E-state index in [0.29, 0.717) is 6.61 Å². The van der Waals surface area contributed by atoms with E-state index in [2.05, 4.69) is 10.5 Å². The summed E-state index contributed by atoms with van der Waals surface area (Å²) in [6.45, 7) is 1.89. The minimum Gasteiger partial charge on any atom is -0.489 e. The van der Waals surface area contributed by atoms with Gasteiger partial charge in [0, 0.05) is 0 Å². The normalized spacial score (nSPS) is 12.1. The van der Waals surface area contributed by atoms with Crippen molar-refractivity contribution in [2.75, 3.05) is 0 Å². The van der Waals surface area contributed by atoms with E-state index >= 15 is 0 Å². The van der Waals surface area contributed by atoms with Crippen molar-refractivity contribution in [1.29, 1.82) is 0 Å². The van der Waals surface area contributed by atoms with Gasteiger partial charge in [-0.1, -0.05) is 30.3 Å². The zero-order chi connectivity index (χ0) is 15.8. The van der Waals surface area contributed by atoms with Gasteiger partial charge in [0.05, 0.1) is 6.21 Å². The number of hydrogen-bond donors (Lipinski definition) is 2. The number of nitrogens with one attached hydrogen (secondary N) is 1. The average Bonchev–Trinajstić information content (AvgIpc) is 2.55. The molecule has 0 spiro atoms. The maximum absolute atomic E-state index is 11.1. The van der Waals surface area contributed by atoms with Crippen molar-refractivity contribution in [1.82, 2.24) is 5.43 Å². The number of aliphatic hydroxyl groups is 1. The first kappa shape index (κ1) is 15.7. The van der Waals surface area contributed by atoms with Crippen LogP contribution >= 0.6 is 0 Å². The van der Waals surface area contributed by atoms with Gasteiger partial charge in [-0.3, -0.25) is 4.79 Å². The first-order chi connectivity index (χ1) is 10.6. The Labute approximate surface area is 129 Å². The molecule has 0 aromatic heterocycles. The fourth-order valence-electron chi connectivity index (χ4n) is 1.65. The number of rotatable bonds is 6. The molecule has 0 aliphatic rings. The molecule has 0 saturated heterocycles. The van der Waals surface area contributed by atoms with Gasteiger partial charge in [0.15, 0.2) is 0 Å². The molecule has 0 radical (unpaired) electrons. The number of carbonyl (C=O) groups is 1. The van der Waals surface area contributed by atoms with Gasteiger partial charge in [-0.2, -0.15) is 5.10 Å². The van der Waals surface area contributed by atoms with Gasteiger partial charge in [-0.05, 0) is 42.3 Å². The number of hydrazone groups is 1. The summed E-state index contributed by atoms with van der Waals surface area (Å²) in [7, 11) is 0. The van der Waals surface area contributed by atoms with Crippen LogP contribution < -0.4 is 10.2 Å². The van der Waals surface area contributed by atoms with Crippen LogP contribution in [0.2, 0.25) is 0 Å². The molecule has 0 heterocycles. The standard InChI is InChI=1S/C17H18N2O3/c1-13(20)17(21)19-18-11-14-7-9-16(10-8-14)22-12-15-5-3-2-4-6-15/h2-11,13,20H,12H2,1H3,(H,19,21)/b18-11-/t13-/m0/s1. The van der Waals surface area contributed by atoms with E-state index in [9.17, 15) is 4.79 Å². The summed E-state index contributed by atoms with van der Waals surface area (Å²) in [5.74, 6) is 0.216. The van der Waals surface area contributed by atoms with Gasteiger partial charge in [0.1, 0.15) is 18.5 Å². The molecule has 0 bridgehead atoms. The van der Waals surface area contributed by atoms with Crippen LogP contribution in [0.4, 0.5) is 0 Å². The smallest absolute Gasteiger partial charge is 0.268 e. The molecule has 0 fully saturated rings. The molecule has 114 valence electrons. The monoisotopic (exact) mass is 298 g/mol. The molecule has 5 heteroatoms. The number of ether oxygens (including phenoxy) is 1. The van der Waals surface area contributed by atoms with Gasteiger partial charge < -0.3 is 9.84 Å². The Morgan fingerprint density at radius 3 is 2.55 bits per heavy atom. The summed E-state index contributed by atoms with van der Waals surface area (Å²) in [5, 5.41) is 12.8. The number of aliphatic hydroxyl groups excluding tert-OH is 1. The fraction of sp³-hybridized carbons (Fsp3) is 0.176. The highest BCUT2D eigenvalue weighted by molar-refractivity contribution is 5.84. The molecular weight excluding hydrogens is 280 g/mol. The minimum atomic E-state index is -1.08. The maximum Gasteiger partial charge on any atom is 0.268 e. The Morgan fingerprint density at radius 2 is 1.91 bits per heavy atom. The molecule has 0 unspecified atom stereocenters. The Bertz CT molecular complexity index is 622. The maximum atomic E-state index is 11.1. The number of amides is 1. The van der Waals surface area contributed by atoms with Crippen LogP contribution in [0.1, 0.15) is 18.1 Å². The summed E-state index contributed by atoms with van der Waals surface area (Å²) in [6, 6.07) is 17.3. The number of carbonyl (C=O) groups excluding carboxylic acids is 1. The minimum absolute atomic E-state index is 0.513. The molecule has 0 aliphatic heterocycles. The van der Waals surface area contributed by atoms with Crippen molar-refractivity contribution >= 4 is 12.1 Å². The van der Waals surface area contributed by atoms with Crippen LogP contribution in [0.5, 0.6) is 5.75 Å². The van der Waals surface area contributed by atoms with Gasteiger partial charge >= 0.3 is 0 Å². The summed E-state index contributed by atoms with van der Waals surface area (Å²) < 4.78 is 5.67. The first-order valence-electron chi connectivity index (χ1n) is 6.93. The quantitative estimate of drug-likeness (QED) is 0.634. The van der Waals surface area contributed by atoms with E-state index in [-0.39, 0.29) is 0 Å². The lowest BCUT2D eigenvalue weighted by molar-refractivity contribution is -0.128. The highest BCUT2D eigenvalue weighted by Crippen LogP contribution is 2.13. The second-order valence-corrected chi connectivity index (χ2v) is 4.75. The highest BCUT2D eigenvalue weighted by atomic mass is 16.5. The summed E-state index contributed by atoms with van der Waals surface area (Å²) in [5.41, 5.74) is 4.16. The summed E-state index contributed by atoms with van der Waals surface area (Å²) in [4.78, 5) is 11.1. The zero-order valence-corrected chi connectivity index (χ0v) is 12.3. The largest absolute Gasteiger partial charge is 0.489 e. The lowest BCUT2D eigenvalue weighted by atomic mass is 10.2. The molecule has 22 heavy (non-hydrogen) atoms. The van der Waals surface area contributed by atoms with E-state index in [1.807, 2.05) is 54.6 Å². The lowest BCUT2D eigenvalue weighted by Crippen LogP contribution is -2.28. The van der Waals surface area contributed by atoms with E-state index in [1.54, 1.807) is 0 Å². The second-order valence-electron chi connectivity index (χ2n) is 4.75. The molecule has 0 saturated carbocycles. The number of hydrogen-bond acceptors (Lipinski definition) is 4. The van der Waals surface area contributed by atoms with Crippen molar-refractivity contribution in [3.63, 3.8) is 0 Å². The van der Waals surface area contributed by atoms with Gasteiger partial charge in [-0.15, -0.1) is 0 Å². The van der Waals surface area contributed by atoms with Crippen molar-refractivity contribution in [3.05, 3.63) is 65.7 Å². The fourth-order valence-corrected chi connectivity index (χ4v) is 1.65. The molecule has 1 amide bonds. The molecule has 5 nitrogen and oxygen atoms in total. The third-order valence-corrected chi connectivity index (χ3v) is 2.90. The lowest BCUT2D eigenvalue weighted by Gasteiger charge is -2.06. The van der Waals surface area contributed by atoms with Crippen LogP contribution in [0, 0.1) is 0 Å². The average molecular weight is 298 g/mol. The molecule has 2 aromatic carbocycles. The molecule has 2 N–H and O–H groups in total. The van der Waals surface area contributed by atoms with Crippen LogP contribution in [-0.2, 0) is 11.4 Å². The molecule has 0 aliphatic carbocycles. The molecule has 2 rings (SSSR count).